The zero-order valence-electron chi connectivity index (χ0n) is 12.7. The van der Waals surface area contributed by atoms with E-state index in [0.717, 1.165) is 11.3 Å². The number of allylic oxidation sites excluding steroid dienone is 1. The number of benzene rings is 1. The highest BCUT2D eigenvalue weighted by Gasteiger charge is 2.00. The van der Waals surface area contributed by atoms with Gasteiger partial charge in [-0.25, -0.2) is 0 Å². The molecule has 0 heterocycles. The molecular formula is C16H31NO. The first-order valence-corrected chi connectivity index (χ1v) is 6.85. The Kier molecular flexibility index (Phi) is 14.6. The predicted molar refractivity (Wildman–Crippen MR) is 85.1 cm³/mol. The van der Waals surface area contributed by atoms with Gasteiger partial charge in [0, 0.05) is 7.97 Å². The molecule has 2 heteroatoms. The van der Waals surface area contributed by atoms with E-state index in [1.165, 1.54) is 0 Å². The van der Waals surface area contributed by atoms with Gasteiger partial charge in [0.1, 0.15) is 11.9 Å². The van der Waals surface area contributed by atoms with Crippen molar-refractivity contribution >= 4 is 6.08 Å². The third-order valence-corrected chi connectivity index (χ3v) is 1.89. The normalized spacial score (nSPS) is 10.8. The first kappa shape index (κ1) is 19.1. The van der Waals surface area contributed by atoms with Crippen molar-refractivity contribution in [1.29, 1.82) is 0 Å². The Morgan fingerprint density at radius 1 is 1.28 bits per heavy atom. The van der Waals surface area contributed by atoms with E-state index in [2.05, 4.69) is 0 Å². The first-order valence-electron chi connectivity index (χ1n) is 6.85. The average molecular weight is 253 g/mol. The van der Waals surface area contributed by atoms with Gasteiger partial charge in [-0.3, -0.25) is 0 Å². The van der Waals surface area contributed by atoms with Crippen LogP contribution in [0.15, 0.2) is 30.3 Å². The van der Waals surface area contributed by atoms with Gasteiger partial charge in [-0.2, -0.15) is 0 Å². The van der Waals surface area contributed by atoms with E-state index >= 15 is 0 Å². The Hall–Kier alpha value is -1.28. The number of hydrogen-bond acceptors (Lipinski definition) is 2. The largest absolute Gasteiger partial charge is 0.489 e. The monoisotopic (exact) mass is 253 g/mol. The van der Waals surface area contributed by atoms with Gasteiger partial charge >= 0.3 is 0 Å². The third kappa shape index (κ3) is 8.82. The average Bonchev–Trinajstić information content (AvgIpc) is 2.44. The minimum Gasteiger partial charge on any atom is -0.489 e. The molecule has 2 N–H and O–H groups in total. The van der Waals surface area contributed by atoms with E-state index in [1.54, 1.807) is 0 Å². The van der Waals surface area contributed by atoms with Crippen molar-refractivity contribution in [2.45, 2.75) is 47.6 Å². The van der Waals surface area contributed by atoms with Crippen LogP contribution in [0.3, 0.4) is 0 Å². The Morgan fingerprint density at radius 2 is 1.89 bits per heavy atom. The van der Waals surface area contributed by atoms with Crippen LogP contribution >= 0.6 is 0 Å². The molecule has 2 nitrogen and oxygen atoms in total. The van der Waals surface area contributed by atoms with Crippen LogP contribution in [-0.4, -0.2) is 12.6 Å². The zero-order valence-corrected chi connectivity index (χ0v) is 12.7. The Labute approximate surface area is 114 Å². The Balaban J connectivity index is -0.000000467. The van der Waals surface area contributed by atoms with E-state index in [-0.39, 0.29) is 7.53 Å². The second kappa shape index (κ2) is 13.8. The third-order valence-electron chi connectivity index (χ3n) is 1.89. The SMILES string of the molecule is C/C=C/c1cccc(O[C@H](C)CN)c1.CC.CC.[HH]. The summed E-state index contributed by atoms with van der Waals surface area (Å²) in [5.41, 5.74) is 6.63. The first-order chi connectivity index (χ1) is 8.76. The highest BCUT2D eigenvalue weighted by Crippen LogP contribution is 2.15. The van der Waals surface area contributed by atoms with E-state index in [9.17, 15) is 0 Å². The van der Waals surface area contributed by atoms with Crippen LogP contribution in [0.5, 0.6) is 5.75 Å². The summed E-state index contributed by atoms with van der Waals surface area (Å²) in [4.78, 5) is 0. The molecule has 0 aromatic heterocycles. The Bertz CT molecular complexity index is 313. The summed E-state index contributed by atoms with van der Waals surface area (Å²) < 4.78 is 5.59. The molecule has 1 atom stereocenters. The zero-order chi connectivity index (χ0) is 14.4. The maximum Gasteiger partial charge on any atom is 0.120 e. The molecular weight excluding hydrogens is 222 g/mol. The highest BCUT2D eigenvalue weighted by molar-refractivity contribution is 5.51. The lowest BCUT2D eigenvalue weighted by molar-refractivity contribution is 0.230. The van der Waals surface area contributed by atoms with Crippen LogP contribution < -0.4 is 10.5 Å². The fourth-order valence-electron chi connectivity index (χ4n) is 1.16. The van der Waals surface area contributed by atoms with E-state index in [0.29, 0.717) is 6.54 Å². The van der Waals surface area contributed by atoms with Crippen LogP contribution in [0.1, 0.15) is 48.5 Å². The van der Waals surface area contributed by atoms with Crippen molar-refractivity contribution < 1.29 is 6.16 Å². The molecule has 0 aliphatic carbocycles. The van der Waals surface area contributed by atoms with E-state index < -0.39 is 0 Å². The van der Waals surface area contributed by atoms with Gasteiger partial charge in [-0.15, -0.1) is 0 Å². The number of ether oxygens (including phenoxy) is 1. The predicted octanol–water partition coefficient (Wildman–Crippen LogP) is 4.74. The summed E-state index contributed by atoms with van der Waals surface area (Å²) in [6, 6.07) is 7.97. The van der Waals surface area contributed by atoms with Crippen LogP contribution in [0.2, 0.25) is 0 Å². The van der Waals surface area contributed by atoms with Crippen molar-refractivity contribution in [3.05, 3.63) is 35.9 Å². The Morgan fingerprint density at radius 3 is 2.39 bits per heavy atom. The van der Waals surface area contributed by atoms with Crippen molar-refractivity contribution in [2.24, 2.45) is 5.73 Å². The van der Waals surface area contributed by atoms with Crippen molar-refractivity contribution in [1.82, 2.24) is 0 Å². The second-order valence-corrected chi connectivity index (χ2v) is 3.24. The lowest BCUT2D eigenvalue weighted by Gasteiger charge is -2.12. The summed E-state index contributed by atoms with van der Waals surface area (Å²) in [5, 5.41) is 0. The second-order valence-electron chi connectivity index (χ2n) is 3.24. The molecule has 0 spiro atoms. The molecule has 18 heavy (non-hydrogen) atoms. The summed E-state index contributed by atoms with van der Waals surface area (Å²) >= 11 is 0. The van der Waals surface area contributed by atoms with Crippen molar-refractivity contribution in [2.75, 3.05) is 6.54 Å². The van der Waals surface area contributed by atoms with Gasteiger partial charge in [0.15, 0.2) is 0 Å². The maximum atomic E-state index is 5.59. The molecule has 1 aromatic rings. The molecule has 1 aromatic carbocycles. The smallest absolute Gasteiger partial charge is 0.120 e. The van der Waals surface area contributed by atoms with E-state index in [4.69, 9.17) is 10.5 Å². The quantitative estimate of drug-likeness (QED) is 0.841. The minimum atomic E-state index is 0. The maximum absolute atomic E-state index is 5.59. The number of rotatable bonds is 4. The summed E-state index contributed by atoms with van der Waals surface area (Å²) in [5.74, 6) is 0.874. The summed E-state index contributed by atoms with van der Waals surface area (Å²) in [6.07, 6.45) is 4.11. The molecule has 0 fully saturated rings. The van der Waals surface area contributed by atoms with Crippen LogP contribution in [0.25, 0.3) is 6.08 Å². The standard InChI is InChI=1S/C12H17NO.2C2H6.H2/c1-3-5-11-6-4-7-12(8-11)14-10(2)9-13;2*1-2;/h3-8,10H,9,13H2,1-2H3;2*1-2H3;1H/b5-3+;;;/t10-;;;/m1.../s1. The summed E-state index contributed by atoms with van der Waals surface area (Å²) in [6.45, 7) is 12.5. The molecule has 0 saturated carbocycles. The lowest BCUT2D eigenvalue weighted by Crippen LogP contribution is -2.22. The molecule has 1 rings (SSSR count). The molecule has 0 bridgehead atoms. The molecule has 0 aliphatic rings. The molecule has 0 aliphatic heterocycles. The van der Waals surface area contributed by atoms with Crippen molar-refractivity contribution in [3.8, 4) is 5.75 Å². The molecule has 0 saturated heterocycles. The fraction of sp³-hybridized carbons (Fsp3) is 0.500. The van der Waals surface area contributed by atoms with Crippen LogP contribution in [-0.2, 0) is 0 Å². The minimum absolute atomic E-state index is 0. The fourth-order valence-corrected chi connectivity index (χ4v) is 1.16. The molecule has 0 radical (unpaired) electrons. The number of hydrogen-bond donors (Lipinski definition) is 1. The summed E-state index contributed by atoms with van der Waals surface area (Å²) in [7, 11) is 0. The van der Waals surface area contributed by atoms with Gasteiger partial charge in [-0.05, 0) is 31.5 Å². The van der Waals surface area contributed by atoms with Gasteiger partial charge in [0.2, 0.25) is 0 Å². The van der Waals surface area contributed by atoms with Gasteiger partial charge in [-0.1, -0.05) is 52.0 Å². The highest BCUT2D eigenvalue weighted by atomic mass is 16.5. The molecule has 0 amide bonds. The number of nitrogens with two attached hydrogens (primary N) is 1. The van der Waals surface area contributed by atoms with Gasteiger partial charge < -0.3 is 10.5 Å². The van der Waals surface area contributed by atoms with E-state index in [1.807, 2.05) is 78.0 Å². The lowest BCUT2D eigenvalue weighted by atomic mass is 10.2. The molecule has 0 unspecified atom stereocenters. The topological polar surface area (TPSA) is 35.2 Å². The van der Waals surface area contributed by atoms with Crippen LogP contribution in [0, 0.1) is 0 Å². The van der Waals surface area contributed by atoms with Crippen LogP contribution in [0.4, 0.5) is 0 Å². The van der Waals surface area contributed by atoms with Gasteiger partial charge in [0.25, 0.3) is 0 Å². The van der Waals surface area contributed by atoms with Crippen molar-refractivity contribution in [3.63, 3.8) is 0 Å². The molecule has 106 valence electrons. The van der Waals surface area contributed by atoms with Gasteiger partial charge in [0.05, 0.1) is 0 Å².